The third-order valence-corrected chi connectivity index (χ3v) is 4.99. The maximum absolute atomic E-state index is 11.9. The average Bonchev–Trinajstić information content (AvgIpc) is 2.73. The monoisotopic (exact) mass is 402 g/mol. The number of benzene rings is 1. The number of rotatable bonds is 8. The molecular formula is C21H34N6O2. The van der Waals surface area contributed by atoms with Crippen molar-refractivity contribution < 1.29 is 9.59 Å². The van der Waals surface area contributed by atoms with Crippen molar-refractivity contribution in [3.8, 4) is 0 Å². The Balaban J connectivity index is 1.86. The topological polar surface area (TPSA) is 89.1 Å². The quantitative estimate of drug-likeness (QED) is 0.423. The summed E-state index contributed by atoms with van der Waals surface area (Å²) >= 11 is 0. The van der Waals surface area contributed by atoms with Gasteiger partial charge in [0.2, 0.25) is 11.8 Å². The van der Waals surface area contributed by atoms with E-state index < -0.39 is 0 Å². The molecule has 0 unspecified atom stereocenters. The Hall–Kier alpha value is -2.61. The number of amides is 2. The van der Waals surface area contributed by atoms with Crippen LogP contribution < -0.4 is 16.0 Å². The third kappa shape index (κ3) is 8.51. The largest absolute Gasteiger partial charge is 0.358 e. The van der Waals surface area contributed by atoms with Gasteiger partial charge >= 0.3 is 0 Å². The first kappa shape index (κ1) is 22.7. The molecular weight excluding hydrogens is 368 g/mol. The highest BCUT2D eigenvalue weighted by atomic mass is 16.2. The molecule has 0 bridgehead atoms. The summed E-state index contributed by atoms with van der Waals surface area (Å²) in [6.07, 6.45) is 2.74. The van der Waals surface area contributed by atoms with E-state index >= 15 is 0 Å². The van der Waals surface area contributed by atoms with Crippen molar-refractivity contribution in [1.29, 1.82) is 0 Å². The van der Waals surface area contributed by atoms with E-state index in [4.69, 9.17) is 0 Å². The lowest BCUT2D eigenvalue weighted by atomic mass is 10.1. The van der Waals surface area contributed by atoms with Gasteiger partial charge in [-0.15, -0.1) is 0 Å². The van der Waals surface area contributed by atoms with Gasteiger partial charge in [-0.05, 0) is 24.8 Å². The molecule has 1 saturated heterocycles. The fraction of sp³-hybridized carbons (Fsp3) is 0.571. The normalized spacial score (nSPS) is 15.6. The first-order chi connectivity index (χ1) is 14.0. The number of likely N-dealkylation sites (tertiary alicyclic amines) is 1. The Labute approximate surface area is 173 Å². The minimum Gasteiger partial charge on any atom is -0.358 e. The number of guanidine groups is 1. The van der Waals surface area contributed by atoms with E-state index in [0.717, 1.165) is 38.9 Å². The van der Waals surface area contributed by atoms with Gasteiger partial charge in [0.25, 0.3) is 0 Å². The van der Waals surface area contributed by atoms with E-state index in [9.17, 15) is 9.59 Å². The van der Waals surface area contributed by atoms with Crippen LogP contribution >= 0.6 is 0 Å². The fourth-order valence-electron chi connectivity index (χ4n) is 3.12. The molecule has 0 atom stereocenters. The average molecular weight is 403 g/mol. The van der Waals surface area contributed by atoms with E-state index in [2.05, 4.69) is 38.0 Å². The zero-order valence-electron chi connectivity index (χ0n) is 17.8. The van der Waals surface area contributed by atoms with Crippen LogP contribution in [0.5, 0.6) is 0 Å². The van der Waals surface area contributed by atoms with Crippen LogP contribution in [0, 0.1) is 0 Å². The molecule has 3 N–H and O–H groups in total. The van der Waals surface area contributed by atoms with Crippen LogP contribution in [-0.4, -0.2) is 87.5 Å². The molecule has 1 fully saturated rings. The van der Waals surface area contributed by atoms with Crippen LogP contribution in [0.15, 0.2) is 35.3 Å². The maximum atomic E-state index is 11.9. The molecule has 0 radical (unpaired) electrons. The van der Waals surface area contributed by atoms with Gasteiger partial charge in [-0.25, -0.2) is 4.99 Å². The highest BCUT2D eigenvalue weighted by Crippen LogP contribution is 2.10. The Bertz CT molecular complexity index is 669. The van der Waals surface area contributed by atoms with Crippen LogP contribution in [0.1, 0.15) is 18.4 Å². The van der Waals surface area contributed by atoms with Gasteiger partial charge in [0, 0.05) is 46.8 Å². The molecule has 2 rings (SSSR count). The van der Waals surface area contributed by atoms with Crippen molar-refractivity contribution in [2.24, 2.45) is 4.99 Å². The van der Waals surface area contributed by atoms with Crippen LogP contribution in [0.4, 0.5) is 0 Å². The fourth-order valence-corrected chi connectivity index (χ4v) is 3.12. The number of carbonyl (C=O) groups is 2. The number of carbonyl (C=O) groups excluding carboxylic acids is 2. The molecule has 8 heteroatoms. The van der Waals surface area contributed by atoms with Crippen molar-refractivity contribution in [3.63, 3.8) is 0 Å². The molecule has 29 heavy (non-hydrogen) atoms. The van der Waals surface area contributed by atoms with Gasteiger partial charge in [0.1, 0.15) is 6.54 Å². The van der Waals surface area contributed by atoms with E-state index in [0.29, 0.717) is 12.5 Å². The van der Waals surface area contributed by atoms with E-state index in [1.54, 1.807) is 26.0 Å². The van der Waals surface area contributed by atoms with Crippen molar-refractivity contribution in [2.75, 3.05) is 53.9 Å². The second-order valence-electron chi connectivity index (χ2n) is 7.48. The highest BCUT2D eigenvalue weighted by molar-refractivity contribution is 5.85. The zero-order valence-corrected chi connectivity index (χ0v) is 17.8. The van der Waals surface area contributed by atoms with Gasteiger partial charge < -0.3 is 20.9 Å². The lowest BCUT2D eigenvalue weighted by Gasteiger charge is -2.32. The molecule has 0 saturated carbocycles. The SMILES string of the molecule is CNC(=O)CN1CCC(NC(=NCC(=O)N(C)C)NCCc2ccccc2)CC1. The minimum absolute atomic E-state index is 0.0328. The van der Waals surface area contributed by atoms with Gasteiger partial charge in [-0.1, -0.05) is 30.3 Å². The predicted molar refractivity (Wildman–Crippen MR) is 116 cm³/mol. The summed E-state index contributed by atoms with van der Waals surface area (Å²) in [5.41, 5.74) is 1.26. The predicted octanol–water partition coefficient (Wildman–Crippen LogP) is 0.0629. The molecule has 1 aliphatic heterocycles. The number of nitrogens with zero attached hydrogens (tertiary/aromatic N) is 3. The number of likely N-dealkylation sites (N-methyl/N-ethyl adjacent to an activating group) is 2. The Kier molecular flexibility index (Phi) is 9.43. The van der Waals surface area contributed by atoms with Gasteiger partial charge in [0.05, 0.1) is 6.54 Å². The second-order valence-corrected chi connectivity index (χ2v) is 7.48. The van der Waals surface area contributed by atoms with Crippen LogP contribution in [0.25, 0.3) is 0 Å². The van der Waals surface area contributed by atoms with Gasteiger partial charge in [-0.2, -0.15) is 0 Å². The Morgan fingerprint density at radius 3 is 2.48 bits per heavy atom. The summed E-state index contributed by atoms with van der Waals surface area (Å²) in [4.78, 5) is 31.7. The number of piperidine rings is 1. The first-order valence-electron chi connectivity index (χ1n) is 10.2. The molecule has 1 heterocycles. The number of aliphatic imine (C=N–C) groups is 1. The molecule has 0 aliphatic carbocycles. The molecule has 2 amide bonds. The van der Waals surface area contributed by atoms with Gasteiger partial charge in [-0.3, -0.25) is 14.5 Å². The van der Waals surface area contributed by atoms with E-state index in [1.165, 1.54) is 5.56 Å². The van der Waals surface area contributed by atoms with Crippen LogP contribution in [-0.2, 0) is 16.0 Å². The molecule has 1 aliphatic rings. The second kappa shape index (κ2) is 12.1. The lowest BCUT2D eigenvalue weighted by Crippen LogP contribution is -2.50. The number of hydrogen-bond donors (Lipinski definition) is 3. The summed E-state index contributed by atoms with van der Waals surface area (Å²) in [7, 11) is 5.13. The number of nitrogens with one attached hydrogen (secondary N) is 3. The van der Waals surface area contributed by atoms with Gasteiger partial charge in [0.15, 0.2) is 5.96 Å². The Morgan fingerprint density at radius 2 is 1.86 bits per heavy atom. The Morgan fingerprint density at radius 1 is 1.17 bits per heavy atom. The van der Waals surface area contributed by atoms with E-state index in [1.807, 2.05) is 18.2 Å². The molecule has 1 aromatic rings. The van der Waals surface area contributed by atoms with Crippen molar-refractivity contribution in [1.82, 2.24) is 25.8 Å². The third-order valence-electron chi connectivity index (χ3n) is 4.99. The minimum atomic E-state index is -0.0328. The van der Waals surface area contributed by atoms with E-state index in [-0.39, 0.29) is 24.4 Å². The summed E-state index contributed by atoms with van der Waals surface area (Å²) < 4.78 is 0. The van der Waals surface area contributed by atoms with Crippen LogP contribution in [0.2, 0.25) is 0 Å². The van der Waals surface area contributed by atoms with Crippen molar-refractivity contribution >= 4 is 17.8 Å². The van der Waals surface area contributed by atoms with Crippen molar-refractivity contribution in [3.05, 3.63) is 35.9 Å². The first-order valence-corrected chi connectivity index (χ1v) is 10.2. The molecule has 160 valence electrons. The molecule has 8 nitrogen and oxygen atoms in total. The van der Waals surface area contributed by atoms with Crippen LogP contribution in [0.3, 0.4) is 0 Å². The molecule has 0 aromatic heterocycles. The van der Waals surface area contributed by atoms with Crippen molar-refractivity contribution in [2.45, 2.75) is 25.3 Å². The molecule has 1 aromatic carbocycles. The standard InChI is InChI=1S/C21H34N6O2/c1-22-19(28)16-27-13-10-18(11-14-27)25-21(24-15-20(29)26(2)3)23-12-9-17-7-5-4-6-8-17/h4-8,18H,9-16H2,1-3H3,(H,22,28)(H2,23,24,25). The zero-order chi connectivity index (χ0) is 21.1. The smallest absolute Gasteiger partial charge is 0.243 e. The summed E-state index contributed by atoms with van der Waals surface area (Å²) in [5, 5.41) is 9.49. The maximum Gasteiger partial charge on any atom is 0.243 e. The highest BCUT2D eigenvalue weighted by Gasteiger charge is 2.21. The summed E-state index contributed by atoms with van der Waals surface area (Å²) in [6.45, 7) is 3.01. The number of hydrogen-bond acceptors (Lipinski definition) is 4. The molecule has 0 spiro atoms. The summed E-state index contributed by atoms with van der Waals surface area (Å²) in [6, 6.07) is 10.5. The lowest BCUT2D eigenvalue weighted by molar-refractivity contribution is -0.127. The summed E-state index contributed by atoms with van der Waals surface area (Å²) in [5.74, 6) is 0.680.